The Morgan fingerprint density at radius 2 is 1.95 bits per heavy atom. The van der Waals surface area contributed by atoms with Gasteiger partial charge < -0.3 is 5.73 Å². The average Bonchev–Trinajstić information content (AvgIpc) is 3.11. The van der Waals surface area contributed by atoms with Crippen molar-refractivity contribution in [2.45, 2.75) is 26.4 Å². The second kappa shape index (κ2) is 5.74. The molecule has 0 radical (unpaired) electrons. The molecule has 3 aromatic rings. The molecule has 0 aliphatic heterocycles. The van der Waals surface area contributed by atoms with Crippen molar-refractivity contribution in [2.24, 2.45) is 0 Å². The van der Waals surface area contributed by atoms with Crippen molar-refractivity contribution in [1.82, 2.24) is 29.5 Å². The first kappa shape index (κ1) is 13.3. The van der Waals surface area contributed by atoms with Crippen LogP contribution in [0.15, 0.2) is 36.9 Å². The molecule has 7 heteroatoms. The molecular weight excluding hydrogens is 266 g/mol. The molecule has 0 unspecified atom stereocenters. The van der Waals surface area contributed by atoms with Gasteiger partial charge in [-0.1, -0.05) is 6.92 Å². The first-order chi connectivity index (χ1) is 10.3. The van der Waals surface area contributed by atoms with E-state index in [4.69, 9.17) is 5.73 Å². The Morgan fingerprint density at radius 1 is 1.14 bits per heavy atom. The summed E-state index contributed by atoms with van der Waals surface area (Å²) in [6, 6.07) is 7.50. The molecule has 0 aliphatic carbocycles. The molecule has 21 heavy (non-hydrogen) atoms. The molecule has 3 rings (SSSR count). The largest absolute Gasteiger partial charge is 0.399 e. The molecule has 0 fully saturated rings. The van der Waals surface area contributed by atoms with Gasteiger partial charge in [0.1, 0.15) is 25.0 Å². The van der Waals surface area contributed by atoms with Gasteiger partial charge in [0.2, 0.25) is 0 Å². The Bertz CT molecular complexity index is 711. The summed E-state index contributed by atoms with van der Waals surface area (Å²) in [7, 11) is 0. The average molecular weight is 283 g/mol. The SMILES string of the molecule is CCCn1ncnc1Cn1cnc(-c2ccc(N)cc2)n1. The fourth-order valence-corrected chi connectivity index (χ4v) is 2.09. The number of aryl methyl sites for hydroxylation is 1. The van der Waals surface area contributed by atoms with Crippen LogP contribution < -0.4 is 5.73 Å². The lowest BCUT2D eigenvalue weighted by atomic mass is 10.2. The number of aromatic nitrogens is 6. The summed E-state index contributed by atoms with van der Waals surface area (Å²) < 4.78 is 3.66. The van der Waals surface area contributed by atoms with Crippen LogP contribution in [-0.4, -0.2) is 29.5 Å². The quantitative estimate of drug-likeness (QED) is 0.718. The standard InChI is InChI=1S/C14H17N7/c1-2-7-21-13(16-9-18-21)8-20-10-17-14(19-20)11-3-5-12(15)6-4-11/h3-6,9-10H,2,7-8,15H2,1H3. The van der Waals surface area contributed by atoms with Crippen molar-refractivity contribution in [3.05, 3.63) is 42.7 Å². The number of nitrogens with zero attached hydrogens (tertiary/aromatic N) is 6. The highest BCUT2D eigenvalue weighted by molar-refractivity contribution is 5.57. The van der Waals surface area contributed by atoms with Crippen molar-refractivity contribution in [3.63, 3.8) is 0 Å². The van der Waals surface area contributed by atoms with E-state index in [1.165, 1.54) is 0 Å². The van der Waals surface area contributed by atoms with Crippen LogP contribution >= 0.6 is 0 Å². The highest BCUT2D eigenvalue weighted by atomic mass is 15.4. The van der Waals surface area contributed by atoms with Crippen molar-refractivity contribution >= 4 is 5.69 Å². The van der Waals surface area contributed by atoms with Crippen LogP contribution in [0.25, 0.3) is 11.4 Å². The molecule has 0 saturated carbocycles. The van der Waals surface area contributed by atoms with Gasteiger partial charge in [0, 0.05) is 17.8 Å². The normalized spacial score (nSPS) is 10.9. The second-order valence-corrected chi connectivity index (χ2v) is 4.79. The lowest BCUT2D eigenvalue weighted by molar-refractivity contribution is 0.539. The minimum Gasteiger partial charge on any atom is -0.399 e. The Morgan fingerprint density at radius 3 is 2.71 bits per heavy atom. The molecule has 2 N–H and O–H groups in total. The fourth-order valence-electron chi connectivity index (χ4n) is 2.09. The van der Waals surface area contributed by atoms with Crippen LogP contribution in [0.3, 0.4) is 0 Å². The second-order valence-electron chi connectivity index (χ2n) is 4.79. The highest BCUT2D eigenvalue weighted by Crippen LogP contribution is 2.16. The lowest BCUT2D eigenvalue weighted by Crippen LogP contribution is -2.10. The van der Waals surface area contributed by atoms with Gasteiger partial charge >= 0.3 is 0 Å². The summed E-state index contributed by atoms with van der Waals surface area (Å²) in [4.78, 5) is 8.60. The Balaban J connectivity index is 1.78. The maximum atomic E-state index is 5.68. The predicted octanol–water partition coefficient (Wildman–Crippen LogP) is 1.58. The van der Waals surface area contributed by atoms with Gasteiger partial charge in [-0.25, -0.2) is 19.3 Å². The number of nitrogen functional groups attached to an aromatic ring is 1. The third-order valence-corrected chi connectivity index (χ3v) is 3.14. The van der Waals surface area contributed by atoms with E-state index in [1.807, 2.05) is 28.9 Å². The molecule has 0 spiro atoms. The minimum absolute atomic E-state index is 0.558. The zero-order valence-corrected chi connectivity index (χ0v) is 11.8. The van der Waals surface area contributed by atoms with E-state index in [0.29, 0.717) is 12.4 Å². The molecule has 0 saturated heterocycles. The predicted molar refractivity (Wildman–Crippen MR) is 79.3 cm³/mol. The van der Waals surface area contributed by atoms with Gasteiger partial charge in [-0.05, 0) is 30.7 Å². The summed E-state index contributed by atoms with van der Waals surface area (Å²) in [5.41, 5.74) is 7.35. The summed E-state index contributed by atoms with van der Waals surface area (Å²) in [5.74, 6) is 1.56. The molecule has 2 aromatic heterocycles. The Labute approximate surface area is 122 Å². The van der Waals surface area contributed by atoms with Crippen molar-refractivity contribution in [3.8, 4) is 11.4 Å². The van der Waals surface area contributed by atoms with Crippen molar-refractivity contribution < 1.29 is 0 Å². The lowest BCUT2D eigenvalue weighted by Gasteiger charge is -2.03. The van der Waals surface area contributed by atoms with Crippen LogP contribution in [0.5, 0.6) is 0 Å². The maximum Gasteiger partial charge on any atom is 0.181 e. The fraction of sp³-hybridized carbons (Fsp3) is 0.286. The smallest absolute Gasteiger partial charge is 0.181 e. The molecule has 0 aliphatic rings. The first-order valence-corrected chi connectivity index (χ1v) is 6.88. The van der Waals surface area contributed by atoms with Crippen LogP contribution in [0, 0.1) is 0 Å². The maximum absolute atomic E-state index is 5.68. The number of hydrogen-bond acceptors (Lipinski definition) is 5. The molecule has 0 atom stereocenters. The van der Waals surface area contributed by atoms with Crippen molar-refractivity contribution in [2.75, 3.05) is 5.73 Å². The van der Waals surface area contributed by atoms with E-state index in [9.17, 15) is 0 Å². The molecular formula is C14H17N7. The van der Waals surface area contributed by atoms with E-state index >= 15 is 0 Å². The van der Waals surface area contributed by atoms with Crippen LogP contribution in [0.4, 0.5) is 5.69 Å². The van der Waals surface area contributed by atoms with Crippen molar-refractivity contribution in [1.29, 1.82) is 0 Å². The van der Waals surface area contributed by atoms with E-state index in [2.05, 4.69) is 27.1 Å². The molecule has 2 heterocycles. The molecule has 0 bridgehead atoms. The number of rotatable bonds is 5. The summed E-state index contributed by atoms with van der Waals surface area (Å²) in [6.45, 7) is 3.52. The summed E-state index contributed by atoms with van der Waals surface area (Å²) in [5, 5.41) is 8.68. The number of nitrogens with two attached hydrogens (primary N) is 1. The summed E-state index contributed by atoms with van der Waals surface area (Å²) in [6.07, 6.45) is 4.30. The third-order valence-electron chi connectivity index (χ3n) is 3.14. The Kier molecular flexibility index (Phi) is 3.63. The molecule has 1 aromatic carbocycles. The van der Waals surface area contributed by atoms with Gasteiger partial charge in [0.15, 0.2) is 5.82 Å². The van der Waals surface area contributed by atoms with E-state index in [-0.39, 0.29) is 0 Å². The Hall–Kier alpha value is -2.70. The molecule has 0 amide bonds. The van der Waals surface area contributed by atoms with Gasteiger partial charge in [-0.15, -0.1) is 0 Å². The number of hydrogen-bond donors (Lipinski definition) is 1. The van der Waals surface area contributed by atoms with Crippen LogP contribution in [-0.2, 0) is 13.1 Å². The zero-order valence-electron chi connectivity index (χ0n) is 11.8. The van der Waals surface area contributed by atoms with Crippen LogP contribution in [0.2, 0.25) is 0 Å². The van der Waals surface area contributed by atoms with E-state index in [1.54, 1.807) is 17.3 Å². The molecule has 7 nitrogen and oxygen atoms in total. The minimum atomic E-state index is 0.558. The first-order valence-electron chi connectivity index (χ1n) is 6.88. The van der Waals surface area contributed by atoms with Gasteiger partial charge in [-0.3, -0.25) is 0 Å². The number of benzene rings is 1. The van der Waals surface area contributed by atoms with Gasteiger partial charge in [-0.2, -0.15) is 10.2 Å². The topological polar surface area (TPSA) is 87.4 Å². The zero-order chi connectivity index (χ0) is 14.7. The highest BCUT2D eigenvalue weighted by Gasteiger charge is 2.08. The van der Waals surface area contributed by atoms with Gasteiger partial charge in [0.05, 0.1) is 0 Å². The third kappa shape index (κ3) is 2.91. The van der Waals surface area contributed by atoms with E-state index < -0.39 is 0 Å². The molecule has 108 valence electrons. The summed E-state index contributed by atoms with van der Waals surface area (Å²) >= 11 is 0. The monoisotopic (exact) mass is 283 g/mol. The van der Waals surface area contributed by atoms with E-state index in [0.717, 1.165) is 30.0 Å². The van der Waals surface area contributed by atoms with Crippen LogP contribution in [0.1, 0.15) is 19.2 Å². The van der Waals surface area contributed by atoms with Gasteiger partial charge in [0.25, 0.3) is 0 Å². The number of anilines is 1.